The van der Waals surface area contributed by atoms with Gasteiger partial charge in [0.05, 0.1) is 11.4 Å². The molecule has 4 rings (SSSR count). The van der Waals surface area contributed by atoms with E-state index in [1.54, 1.807) is 0 Å². The Morgan fingerprint density at radius 3 is 2.47 bits per heavy atom. The van der Waals surface area contributed by atoms with E-state index >= 15 is 0 Å². The number of halogens is 2. The van der Waals surface area contributed by atoms with Crippen molar-refractivity contribution in [3.8, 4) is 0 Å². The molecule has 1 aromatic carbocycles. The normalized spacial score (nSPS) is 20.2. The zero-order valence-electron chi connectivity index (χ0n) is 18.5. The summed E-state index contributed by atoms with van der Waals surface area (Å²) in [5, 5.41) is 9.96. The molecule has 1 fully saturated rings. The first-order valence-electron chi connectivity index (χ1n) is 11.3. The largest absolute Gasteiger partial charge is 0.362 e. The zero-order chi connectivity index (χ0) is 22.7. The van der Waals surface area contributed by atoms with Gasteiger partial charge in [0, 0.05) is 37.8 Å². The molecule has 2 aliphatic rings. The molecule has 0 amide bonds. The third-order valence-corrected chi connectivity index (χ3v) is 6.38. The van der Waals surface area contributed by atoms with Crippen LogP contribution in [0.25, 0.3) is 0 Å². The van der Waals surface area contributed by atoms with Gasteiger partial charge in [0.1, 0.15) is 17.5 Å². The van der Waals surface area contributed by atoms with E-state index in [4.69, 9.17) is 22.2 Å². The van der Waals surface area contributed by atoms with Crippen LogP contribution in [0.2, 0.25) is 0 Å². The van der Waals surface area contributed by atoms with Crippen LogP contribution in [0.15, 0.2) is 18.2 Å². The van der Waals surface area contributed by atoms with E-state index in [1.165, 1.54) is 36.2 Å². The Morgan fingerprint density at radius 2 is 1.75 bits per heavy atom. The molecule has 32 heavy (non-hydrogen) atoms. The number of benzene rings is 1. The van der Waals surface area contributed by atoms with Gasteiger partial charge in [-0.05, 0) is 75.7 Å². The van der Waals surface area contributed by atoms with Gasteiger partial charge >= 0.3 is 0 Å². The van der Waals surface area contributed by atoms with Crippen LogP contribution in [-0.4, -0.2) is 41.3 Å². The topological polar surface area (TPSA) is 65.1 Å². The second-order valence-corrected chi connectivity index (χ2v) is 9.22. The Kier molecular flexibility index (Phi) is 7.03. The molecule has 9 heteroatoms. The van der Waals surface area contributed by atoms with Crippen LogP contribution >= 0.6 is 12.2 Å². The van der Waals surface area contributed by atoms with E-state index in [0.717, 1.165) is 56.4 Å². The van der Waals surface area contributed by atoms with Crippen molar-refractivity contribution in [2.45, 2.75) is 63.5 Å². The molecule has 0 radical (unpaired) electrons. The van der Waals surface area contributed by atoms with E-state index in [-0.39, 0.29) is 11.7 Å². The lowest BCUT2D eigenvalue weighted by atomic mass is 9.91. The number of anilines is 3. The number of thiocarbonyl (C=S) groups is 1. The van der Waals surface area contributed by atoms with Crippen molar-refractivity contribution >= 4 is 34.8 Å². The summed E-state index contributed by atoms with van der Waals surface area (Å²) in [6, 6.07) is 3.90. The van der Waals surface area contributed by atoms with E-state index in [0.29, 0.717) is 11.2 Å². The highest BCUT2D eigenvalue weighted by Crippen LogP contribution is 2.29. The van der Waals surface area contributed by atoms with E-state index in [9.17, 15) is 8.78 Å². The van der Waals surface area contributed by atoms with Crippen molar-refractivity contribution in [3.63, 3.8) is 0 Å². The molecule has 0 aliphatic heterocycles. The van der Waals surface area contributed by atoms with Gasteiger partial charge in [-0.25, -0.2) is 13.8 Å². The summed E-state index contributed by atoms with van der Waals surface area (Å²) in [4.78, 5) is 11.7. The third-order valence-electron chi connectivity index (χ3n) is 6.16. The van der Waals surface area contributed by atoms with Crippen LogP contribution in [-0.2, 0) is 12.8 Å². The predicted octanol–water partition coefficient (Wildman–Crippen LogP) is 4.41. The fourth-order valence-electron chi connectivity index (χ4n) is 4.51. The summed E-state index contributed by atoms with van der Waals surface area (Å²) in [6.45, 7) is 0. The average molecular weight is 461 g/mol. The van der Waals surface area contributed by atoms with Crippen molar-refractivity contribution < 1.29 is 8.78 Å². The Balaban J connectivity index is 1.30. The van der Waals surface area contributed by atoms with Gasteiger partial charge in [-0.1, -0.05) is 0 Å². The van der Waals surface area contributed by atoms with E-state index in [1.807, 2.05) is 14.1 Å². The smallest absolute Gasteiger partial charge is 0.225 e. The van der Waals surface area contributed by atoms with Crippen molar-refractivity contribution in [1.82, 2.24) is 15.3 Å². The van der Waals surface area contributed by atoms with E-state index in [2.05, 4.69) is 20.9 Å². The Labute approximate surface area is 193 Å². The molecule has 1 saturated carbocycles. The second kappa shape index (κ2) is 9.94. The highest BCUT2D eigenvalue weighted by atomic mass is 32.1. The Morgan fingerprint density at radius 1 is 1.03 bits per heavy atom. The SMILES string of the molecule is CN(C)c1nc(NC2CCC(NC(=S)Nc3ccc(F)cc3F)CC2)nc2c1CCCC2. The Bertz CT molecular complexity index is 975. The molecule has 0 atom stereocenters. The van der Waals surface area contributed by atoms with Crippen LogP contribution in [0.3, 0.4) is 0 Å². The summed E-state index contributed by atoms with van der Waals surface area (Å²) < 4.78 is 26.9. The molecular formula is C23H30F2N6S. The Hall–Kier alpha value is -2.55. The van der Waals surface area contributed by atoms with Gasteiger partial charge in [0.2, 0.25) is 5.95 Å². The number of fused-ring (bicyclic) bond motifs is 1. The van der Waals surface area contributed by atoms with Crippen molar-refractivity contribution in [2.24, 2.45) is 0 Å². The molecular weight excluding hydrogens is 430 g/mol. The maximum Gasteiger partial charge on any atom is 0.225 e. The molecule has 1 aromatic heterocycles. The van der Waals surface area contributed by atoms with Crippen LogP contribution in [0.5, 0.6) is 0 Å². The summed E-state index contributed by atoms with van der Waals surface area (Å²) in [6.07, 6.45) is 8.23. The zero-order valence-corrected chi connectivity index (χ0v) is 19.4. The lowest BCUT2D eigenvalue weighted by Crippen LogP contribution is -2.42. The van der Waals surface area contributed by atoms with Gasteiger partial charge in [-0.15, -0.1) is 0 Å². The maximum absolute atomic E-state index is 13.8. The molecule has 172 valence electrons. The summed E-state index contributed by atoms with van der Waals surface area (Å²) in [7, 11) is 4.07. The van der Waals surface area contributed by atoms with Gasteiger partial charge in [-0.3, -0.25) is 0 Å². The standard InChI is InChI=1S/C23H30F2N6S/c1-31(2)21-17-5-3-4-6-19(17)28-22(30-21)26-15-8-10-16(11-9-15)27-23(32)29-20-12-7-14(24)13-18(20)25/h7,12-13,15-16H,3-6,8-11H2,1-2H3,(H,26,28,30)(H2,27,29,32). The fourth-order valence-corrected chi connectivity index (χ4v) is 4.78. The van der Waals surface area contributed by atoms with Gasteiger partial charge in [-0.2, -0.15) is 4.98 Å². The second-order valence-electron chi connectivity index (χ2n) is 8.81. The molecule has 6 nitrogen and oxygen atoms in total. The number of hydrogen-bond acceptors (Lipinski definition) is 5. The summed E-state index contributed by atoms with van der Waals surface area (Å²) >= 11 is 5.32. The molecule has 2 aromatic rings. The minimum Gasteiger partial charge on any atom is -0.362 e. The van der Waals surface area contributed by atoms with Crippen molar-refractivity contribution in [1.29, 1.82) is 0 Å². The number of rotatable bonds is 5. The predicted molar refractivity (Wildman–Crippen MR) is 128 cm³/mol. The molecule has 0 spiro atoms. The quantitative estimate of drug-likeness (QED) is 0.571. The third kappa shape index (κ3) is 5.43. The molecule has 3 N–H and O–H groups in total. The lowest BCUT2D eigenvalue weighted by molar-refractivity contribution is 0.387. The number of nitrogens with zero attached hydrogens (tertiary/aromatic N) is 3. The molecule has 0 bridgehead atoms. The van der Waals surface area contributed by atoms with Crippen LogP contribution < -0.4 is 20.9 Å². The molecule has 0 unspecified atom stereocenters. The molecule has 2 aliphatic carbocycles. The summed E-state index contributed by atoms with van der Waals surface area (Å²) in [5.74, 6) is 0.467. The highest BCUT2D eigenvalue weighted by Gasteiger charge is 2.24. The summed E-state index contributed by atoms with van der Waals surface area (Å²) in [5.41, 5.74) is 2.64. The number of aryl methyl sites for hydroxylation is 1. The molecule has 0 saturated heterocycles. The first-order valence-corrected chi connectivity index (χ1v) is 11.7. The average Bonchev–Trinajstić information content (AvgIpc) is 2.76. The highest BCUT2D eigenvalue weighted by molar-refractivity contribution is 7.80. The van der Waals surface area contributed by atoms with Gasteiger partial charge in [0.25, 0.3) is 0 Å². The van der Waals surface area contributed by atoms with Gasteiger partial charge in [0.15, 0.2) is 5.11 Å². The minimum atomic E-state index is -0.663. The van der Waals surface area contributed by atoms with Gasteiger partial charge < -0.3 is 20.9 Å². The maximum atomic E-state index is 13.8. The lowest BCUT2D eigenvalue weighted by Gasteiger charge is -2.31. The first-order chi connectivity index (χ1) is 15.4. The number of hydrogen-bond donors (Lipinski definition) is 3. The molecule has 1 heterocycles. The van der Waals surface area contributed by atoms with E-state index < -0.39 is 11.6 Å². The van der Waals surface area contributed by atoms with Crippen LogP contribution in [0, 0.1) is 11.6 Å². The van der Waals surface area contributed by atoms with Crippen molar-refractivity contribution in [3.05, 3.63) is 41.1 Å². The van der Waals surface area contributed by atoms with Crippen LogP contribution in [0.4, 0.5) is 26.2 Å². The first kappa shape index (κ1) is 22.6. The monoisotopic (exact) mass is 460 g/mol. The number of aromatic nitrogens is 2. The van der Waals surface area contributed by atoms with Crippen molar-refractivity contribution in [2.75, 3.05) is 29.6 Å². The fraction of sp³-hybridized carbons (Fsp3) is 0.522. The number of nitrogens with one attached hydrogen (secondary N) is 3. The van der Waals surface area contributed by atoms with Crippen LogP contribution in [0.1, 0.15) is 49.8 Å². The minimum absolute atomic E-state index is 0.167.